The van der Waals surface area contributed by atoms with E-state index in [2.05, 4.69) is 23.2 Å². The molecule has 0 spiro atoms. The van der Waals surface area contributed by atoms with E-state index in [1.807, 2.05) is 42.5 Å². The van der Waals surface area contributed by atoms with Gasteiger partial charge in [0, 0.05) is 16.6 Å². The standard InChI is InChI=1S/C15H9N2/c16-10-11-5-7-12(8-6-11)15-9-13-3-1-2-4-14(13)17-15/h2-9,17H. The molecule has 0 atom stereocenters. The molecule has 1 N–H and O–H groups in total. The van der Waals surface area contributed by atoms with E-state index in [-0.39, 0.29) is 0 Å². The minimum Gasteiger partial charge on any atom is -0.355 e. The average Bonchev–Trinajstić information content (AvgIpc) is 2.82. The molecule has 3 rings (SSSR count). The molecule has 0 fully saturated rings. The molecule has 0 saturated heterocycles. The van der Waals surface area contributed by atoms with Gasteiger partial charge in [-0.1, -0.05) is 18.2 Å². The number of aromatic amines is 1. The molecule has 17 heavy (non-hydrogen) atoms. The van der Waals surface area contributed by atoms with E-state index in [0.29, 0.717) is 5.56 Å². The second-order valence-electron chi connectivity index (χ2n) is 3.89. The molecule has 1 aromatic heterocycles. The lowest BCUT2D eigenvalue weighted by Gasteiger charge is -1.96. The fourth-order valence-corrected chi connectivity index (χ4v) is 1.89. The molecular formula is C15H9N2. The van der Waals surface area contributed by atoms with Gasteiger partial charge in [0.15, 0.2) is 0 Å². The molecule has 0 bridgehead atoms. The van der Waals surface area contributed by atoms with E-state index < -0.39 is 0 Å². The summed E-state index contributed by atoms with van der Waals surface area (Å²) in [4.78, 5) is 3.35. The number of benzene rings is 2. The number of H-pyrrole nitrogens is 1. The second-order valence-corrected chi connectivity index (χ2v) is 3.89. The minimum absolute atomic E-state index is 0.679. The van der Waals surface area contributed by atoms with Gasteiger partial charge in [0.2, 0.25) is 0 Å². The third-order valence-corrected chi connectivity index (χ3v) is 2.79. The lowest BCUT2D eigenvalue weighted by Crippen LogP contribution is -1.78. The molecule has 79 valence electrons. The van der Waals surface area contributed by atoms with Crippen molar-refractivity contribution in [2.75, 3.05) is 0 Å². The van der Waals surface area contributed by atoms with Gasteiger partial charge in [-0.15, -0.1) is 0 Å². The van der Waals surface area contributed by atoms with E-state index in [1.54, 1.807) is 0 Å². The highest BCUT2D eigenvalue weighted by atomic mass is 14.7. The molecule has 0 saturated carbocycles. The van der Waals surface area contributed by atoms with Crippen LogP contribution in [0.1, 0.15) is 5.56 Å². The van der Waals surface area contributed by atoms with Crippen LogP contribution in [0.5, 0.6) is 0 Å². The lowest BCUT2D eigenvalue weighted by molar-refractivity contribution is 1.44. The monoisotopic (exact) mass is 217 g/mol. The van der Waals surface area contributed by atoms with Crippen molar-refractivity contribution in [2.45, 2.75) is 0 Å². The zero-order valence-corrected chi connectivity index (χ0v) is 9.07. The van der Waals surface area contributed by atoms with Gasteiger partial charge in [0.25, 0.3) is 0 Å². The number of fused-ring (bicyclic) bond motifs is 1. The van der Waals surface area contributed by atoms with E-state index >= 15 is 0 Å². The Morgan fingerprint density at radius 3 is 2.65 bits per heavy atom. The molecule has 1 radical (unpaired) electrons. The Kier molecular flexibility index (Phi) is 2.16. The van der Waals surface area contributed by atoms with Crippen LogP contribution in [0, 0.1) is 17.4 Å². The Hall–Kier alpha value is -2.53. The van der Waals surface area contributed by atoms with Crippen LogP contribution in [-0.2, 0) is 0 Å². The van der Waals surface area contributed by atoms with Crippen molar-refractivity contribution < 1.29 is 0 Å². The molecular weight excluding hydrogens is 208 g/mol. The van der Waals surface area contributed by atoms with E-state index in [1.165, 1.54) is 0 Å². The SMILES string of the molecule is N#Cc1ccc(-c2cc3c[c]ccc3[nH]2)cc1. The Labute approximate surface area is 99.1 Å². The lowest BCUT2D eigenvalue weighted by atomic mass is 10.1. The summed E-state index contributed by atoms with van der Waals surface area (Å²) >= 11 is 0. The van der Waals surface area contributed by atoms with E-state index in [9.17, 15) is 0 Å². The first kappa shape index (κ1) is 9.68. The number of hydrogen-bond donors (Lipinski definition) is 1. The van der Waals surface area contributed by atoms with Gasteiger partial charge < -0.3 is 4.98 Å². The summed E-state index contributed by atoms with van der Waals surface area (Å²) in [7, 11) is 0. The van der Waals surface area contributed by atoms with Gasteiger partial charge in [0.05, 0.1) is 11.6 Å². The number of rotatable bonds is 1. The van der Waals surface area contributed by atoms with Crippen LogP contribution in [0.2, 0.25) is 0 Å². The Morgan fingerprint density at radius 1 is 1.12 bits per heavy atom. The van der Waals surface area contributed by atoms with Gasteiger partial charge in [-0.2, -0.15) is 5.26 Å². The van der Waals surface area contributed by atoms with Gasteiger partial charge in [-0.25, -0.2) is 0 Å². The molecule has 2 heteroatoms. The highest BCUT2D eigenvalue weighted by molar-refractivity contribution is 5.85. The van der Waals surface area contributed by atoms with Crippen molar-refractivity contribution in [3.8, 4) is 17.3 Å². The minimum atomic E-state index is 0.679. The Morgan fingerprint density at radius 2 is 1.94 bits per heavy atom. The molecule has 0 unspecified atom stereocenters. The number of nitrogens with zero attached hydrogens (tertiary/aromatic N) is 1. The Balaban J connectivity index is 2.11. The Bertz CT molecular complexity index is 667. The van der Waals surface area contributed by atoms with Gasteiger partial charge in [0.1, 0.15) is 0 Å². The van der Waals surface area contributed by atoms with Crippen molar-refractivity contribution in [1.29, 1.82) is 5.26 Å². The maximum Gasteiger partial charge on any atom is 0.0991 e. The maximum absolute atomic E-state index is 8.75. The molecule has 0 aliphatic carbocycles. The molecule has 0 aliphatic rings. The number of nitrogens with one attached hydrogen (secondary N) is 1. The normalized spacial score (nSPS) is 10.3. The topological polar surface area (TPSA) is 39.6 Å². The van der Waals surface area contributed by atoms with Gasteiger partial charge >= 0.3 is 0 Å². The first-order valence-electron chi connectivity index (χ1n) is 5.36. The maximum atomic E-state index is 8.75. The highest BCUT2D eigenvalue weighted by Gasteiger charge is 2.02. The predicted molar refractivity (Wildman–Crippen MR) is 67.3 cm³/mol. The summed E-state index contributed by atoms with van der Waals surface area (Å²) < 4.78 is 0. The van der Waals surface area contributed by atoms with Crippen molar-refractivity contribution in [3.63, 3.8) is 0 Å². The fraction of sp³-hybridized carbons (Fsp3) is 0. The van der Waals surface area contributed by atoms with Crippen molar-refractivity contribution >= 4 is 10.9 Å². The van der Waals surface area contributed by atoms with Crippen LogP contribution >= 0.6 is 0 Å². The summed E-state index contributed by atoms with van der Waals surface area (Å²) in [5, 5.41) is 9.90. The molecule has 2 nitrogen and oxygen atoms in total. The van der Waals surface area contributed by atoms with Crippen LogP contribution in [0.25, 0.3) is 22.2 Å². The predicted octanol–water partition coefficient (Wildman–Crippen LogP) is 3.51. The molecule has 1 heterocycles. The molecule has 0 amide bonds. The van der Waals surface area contributed by atoms with E-state index in [0.717, 1.165) is 22.2 Å². The van der Waals surface area contributed by atoms with Crippen LogP contribution in [-0.4, -0.2) is 4.98 Å². The third kappa shape index (κ3) is 1.68. The quantitative estimate of drug-likeness (QED) is 0.665. The second kappa shape index (κ2) is 3.80. The average molecular weight is 217 g/mol. The van der Waals surface area contributed by atoms with Crippen LogP contribution in [0.4, 0.5) is 0 Å². The summed E-state index contributed by atoms with van der Waals surface area (Å²) in [6.45, 7) is 0. The summed E-state index contributed by atoms with van der Waals surface area (Å²) in [6, 6.07) is 20.7. The molecule has 0 aliphatic heterocycles. The fourth-order valence-electron chi connectivity index (χ4n) is 1.89. The zero-order valence-electron chi connectivity index (χ0n) is 9.07. The third-order valence-electron chi connectivity index (χ3n) is 2.79. The van der Waals surface area contributed by atoms with Crippen LogP contribution in [0.15, 0.2) is 48.5 Å². The van der Waals surface area contributed by atoms with E-state index in [4.69, 9.17) is 5.26 Å². The van der Waals surface area contributed by atoms with Crippen molar-refractivity contribution in [1.82, 2.24) is 4.98 Å². The zero-order chi connectivity index (χ0) is 11.7. The van der Waals surface area contributed by atoms with Crippen molar-refractivity contribution in [2.24, 2.45) is 0 Å². The first-order valence-corrected chi connectivity index (χ1v) is 5.36. The number of aromatic nitrogens is 1. The highest BCUT2D eigenvalue weighted by Crippen LogP contribution is 2.23. The number of hydrogen-bond acceptors (Lipinski definition) is 1. The number of nitriles is 1. The van der Waals surface area contributed by atoms with Crippen LogP contribution < -0.4 is 0 Å². The molecule has 2 aromatic carbocycles. The van der Waals surface area contributed by atoms with Crippen LogP contribution in [0.3, 0.4) is 0 Å². The van der Waals surface area contributed by atoms with Crippen molar-refractivity contribution in [3.05, 3.63) is 60.2 Å². The summed E-state index contributed by atoms with van der Waals surface area (Å²) in [5.74, 6) is 0. The summed E-state index contributed by atoms with van der Waals surface area (Å²) in [6.07, 6.45) is 0. The smallest absolute Gasteiger partial charge is 0.0991 e. The van der Waals surface area contributed by atoms with Gasteiger partial charge in [-0.3, -0.25) is 0 Å². The molecule has 3 aromatic rings. The first-order chi connectivity index (χ1) is 8.36. The summed E-state index contributed by atoms with van der Waals surface area (Å²) in [5.41, 5.74) is 3.92. The largest absolute Gasteiger partial charge is 0.355 e. The van der Waals surface area contributed by atoms with Gasteiger partial charge in [-0.05, 0) is 42.0 Å².